The zero-order chi connectivity index (χ0) is 15.2. The molecule has 112 valence electrons. The average Bonchev–Trinajstić information content (AvgIpc) is 3.32. The van der Waals surface area contributed by atoms with Crippen molar-refractivity contribution in [3.63, 3.8) is 0 Å². The monoisotopic (exact) mass is 303 g/mol. The second-order valence-electron chi connectivity index (χ2n) is 5.32. The van der Waals surface area contributed by atoms with Crippen LogP contribution in [0.1, 0.15) is 0 Å². The Balaban J connectivity index is 1.60. The lowest BCUT2D eigenvalue weighted by molar-refractivity contribution is 0.726. The van der Waals surface area contributed by atoms with Crippen LogP contribution in [0.15, 0.2) is 60.1 Å². The molecular formula is C16H13N7. The van der Waals surface area contributed by atoms with Gasteiger partial charge in [-0.3, -0.25) is 0 Å². The lowest BCUT2D eigenvalue weighted by Gasteiger charge is -2.27. The van der Waals surface area contributed by atoms with Crippen LogP contribution in [0.4, 0.5) is 11.4 Å². The third kappa shape index (κ3) is 1.76. The van der Waals surface area contributed by atoms with E-state index in [1.807, 2.05) is 34.7 Å². The Bertz CT molecular complexity index is 1030. The average molecular weight is 303 g/mol. The van der Waals surface area contributed by atoms with Crippen LogP contribution in [0.25, 0.3) is 21.9 Å². The minimum atomic E-state index is 0.843. The fraction of sp³-hybridized carbons (Fsp3) is 0. The molecule has 23 heavy (non-hydrogen) atoms. The molecule has 0 atom stereocenters. The van der Waals surface area contributed by atoms with Gasteiger partial charge in [0.05, 0.1) is 5.69 Å². The topological polar surface area (TPSA) is 75.3 Å². The number of nitrogens with zero attached hydrogens (tertiary/aromatic N) is 4. The van der Waals surface area contributed by atoms with Gasteiger partial charge in [-0.15, -0.1) is 5.10 Å². The summed E-state index contributed by atoms with van der Waals surface area (Å²) in [5.41, 5.74) is 6.90. The first-order valence-electron chi connectivity index (χ1n) is 7.27. The summed E-state index contributed by atoms with van der Waals surface area (Å²) in [5.74, 6) is 0. The van der Waals surface area contributed by atoms with Gasteiger partial charge in [-0.05, 0) is 35.7 Å². The molecule has 0 unspecified atom stereocenters. The van der Waals surface area contributed by atoms with Gasteiger partial charge in [-0.25, -0.2) is 9.99 Å². The van der Waals surface area contributed by atoms with Crippen LogP contribution < -0.4 is 15.7 Å². The van der Waals surface area contributed by atoms with Crippen molar-refractivity contribution in [2.24, 2.45) is 5.10 Å². The van der Waals surface area contributed by atoms with Crippen LogP contribution in [0.2, 0.25) is 0 Å². The molecule has 0 aliphatic carbocycles. The molecule has 0 amide bonds. The maximum atomic E-state index is 4.33. The number of rotatable bonds is 2. The van der Waals surface area contributed by atoms with Crippen molar-refractivity contribution < 1.29 is 0 Å². The number of hydrazine groups is 2. The number of nitrogens with one attached hydrogen (secondary N) is 3. The van der Waals surface area contributed by atoms with Gasteiger partial charge in [0.25, 0.3) is 0 Å². The molecular weight excluding hydrogens is 290 g/mol. The molecule has 0 saturated carbocycles. The fourth-order valence-electron chi connectivity index (χ4n) is 2.88. The van der Waals surface area contributed by atoms with E-state index in [1.165, 1.54) is 5.39 Å². The third-order valence-electron chi connectivity index (χ3n) is 4.00. The largest absolute Gasteiger partial charge is 0.361 e. The number of benzene rings is 1. The van der Waals surface area contributed by atoms with Gasteiger partial charge < -0.3 is 9.97 Å². The van der Waals surface area contributed by atoms with Gasteiger partial charge in [0, 0.05) is 29.5 Å². The molecule has 1 aromatic carbocycles. The molecule has 4 heterocycles. The van der Waals surface area contributed by atoms with E-state index < -0.39 is 0 Å². The van der Waals surface area contributed by atoms with Crippen molar-refractivity contribution in [3.8, 4) is 0 Å². The van der Waals surface area contributed by atoms with E-state index in [0.29, 0.717) is 0 Å². The predicted octanol–water partition coefficient (Wildman–Crippen LogP) is 2.73. The van der Waals surface area contributed by atoms with E-state index in [9.17, 15) is 0 Å². The van der Waals surface area contributed by atoms with Gasteiger partial charge >= 0.3 is 0 Å². The number of hydrogen-bond acceptors (Lipinski definition) is 5. The summed E-state index contributed by atoms with van der Waals surface area (Å²) in [6.07, 6.45) is 7.38. The molecule has 1 aliphatic heterocycles. The molecule has 0 spiro atoms. The Hall–Kier alpha value is -3.48. The quantitative estimate of drug-likeness (QED) is 0.532. The maximum Gasteiger partial charge on any atom is 0.139 e. The highest BCUT2D eigenvalue weighted by atomic mass is 15.9. The molecule has 5 rings (SSSR count). The van der Waals surface area contributed by atoms with Crippen LogP contribution in [0.5, 0.6) is 0 Å². The second-order valence-corrected chi connectivity index (χ2v) is 5.32. The summed E-state index contributed by atoms with van der Waals surface area (Å²) < 4.78 is 0. The first-order chi connectivity index (χ1) is 11.4. The van der Waals surface area contributed by atoms with Crippen molar-refractivity contribution in [1.29, 1.82) is 0 Å². The summed E-state index contributed by atoms with van der Waals surface area (Å²) in [5, 5.41) is 10.2. The van der Waals surface area contributed by atoms with Crippen LogP contribution in [0.3, 0.4) is 0 Å². The molecule has 0 bridgehead atoms. The van der Waals surface area contributed by atoms with E-state index in [4.69, 9.17) is 0 Å². The highest BCUT2D eigenvalue weighted by molar-refractivity contribution is 5.96. The Morgan fingerprint density at radius 2 is 2.04 bits per heavy atom. The molecule has 7 heteroatoms. The van der Waals surface area contributed by atoms with Crippen molar-refractivity contribution in [1.82, 2.24) is 20.5 Å². The number of aromatic nitrogens is 3. The molecule has 7 nitrogen and oxygen atoms in total. The van der Waals surface area contributed by atoms with E-state index in [-0.39, 0.29) is 0 Å². The van der Waals surface area contributed by atoms with Gasteiger partial charge in [0.1, 0.15) is 17.7 Å². The zero-order valence-corrected chi connectivity index (χ0v) is 12.1. The third-order valence-corrected chi connectivity index (χ3v) is 4.00. The Morgan fingerprint density at radius 1 is 1.04 bits per heavy atom. The number of pyridine rings is 1. The van der Waals surface area contributed by atoms with E-state index in [0.717, 1.165) is 27.9 Å². The number of hydrogen-bond donors (Lipinski definition) is 3. The van der Waals surface area contributed by atoms with Crippen molar-refractivity contribution in [2.75, 3.05) is 10.1 Å². The first kappa shape index (κ1) is 12.1. The first-order valence-corrected chi connectivity index (χ1v) is 7.27. The lowest BCUT2D eigenvalue weighted by atomic mass is 10.2. The number of aromatic amines is 2. The fourth-order valence-corrected chi connectivity index (χ4v) is 2.88. The van der Waals surface area contributed by atoms with E-state index in [2.05, 4.69) is 49.9 Å². The normalized spacial score (nSPS) is 14.1. The van der Waals surface area contributed by atoms with Crippen LogP contribution in [-0.2, 0) is 0 Å². The van der Waals surface area contributed by atoms with Gasteiger partial charge in [-0.1, -0.05) is 6.07 Å². The van der Waals surface area contributed by atoms with Gasteiger partial charge in [0.2, 0.25) is 0 Å². The summed E-state index contributed by atoms with van der Waals surface area (Å²) in [6.45, 7) is 0. The Kier molecular flexibility index (Phi) is 2.37. The van der Waals surface area contributed by atoms with E-state index >= 15 is 0 Å². The zero-order valence-electron chi connectivity index (χ0n) is 12.1. The highest BCUT2D eigenvalue weighted by Crippen LogP contribution is 2.29. The molecule has 0 radical (unpaired) electrons. The SMILES string of the molecule is C1=NNN(c2c[nH]c3ncccc23)N1c1ccc2cc[nH]c2c1. The predicted molar refractivity (Wildman–Crippen MR) is 91.0 cm³/mol. The summed E-state index contributed by atoms with van der Waals surface area (Å²) >= 11 is 0. The minimum Gasteiger partial charge on any atom is -0.361 e. The van der Waals surface area contributed by atoms with Crippen LogP contribution in [0, 0.1) is 0 Å². The van der Waals surface area contributed by atoms with Crippen LogP contribution >= 0.6 is 0 Å². The molecule has 3 aromatic heterocycles. The smallest absolute Gasteiger partial charge is 0.139 e. The Labute approximate surface area is 131 Å². The number of anilines is 2. The minimum absolute atomic E-state index is 0.843. The standard InChI is InChI=1S/C16H13N7/c1-2-13-15(9-19-16(13)18-6-1)23-21-20-10-22(23)12-4-3-11-5-7-17-14(11)8-12/h1-10,17,21H,(H,18,19). The van der Waals surface area contributed by atoms with Crippen LogP contribution in [-0.4, -0.2) is 21.3 Å². The van der Waals surface area contributed by atoms with Crippen molar-refractivity contribution in [2.45, 2.75) is 0 Å². The van der Waals surface area contributed by atoms with Crippen molar-refractivity contribution >= 4 is 39.6 Å². The highest BCUT2D eigenvalue weighted by Gasteiger charge is 2.23. The maximum absolute atomic E-state index is 4.33. The molecule has 0 saturated heterocycles. The number of H-pyrrole nitrogens is 2. The van der Waals surface area contributed by atoms with Gasteiger partial charge in [-0.2, -0.15) is 10.7 Å². The molecule has 4 aromatic rings. The Morgan fingerprint density at radius 3 is 3.04 bits per heavy atom. The number of fused-ring (bicyclic) bond motifs is 2. The second kappa shape index (κ2) is 4.51. The molecule has 0 fully saturated rings. The summed E-state index contributed by atoms with van der Waals surface area (Å²) in [6, 6.07) is 12.2. The lowest BCUT2D eigenvalue weighted by Crippen LogP contribution is -2.43. The van der Waals surface area contributed by atoms with E-state index in [1.54, 1.807) is 12.5 Å². The summed E-state index contributed by atoms with van der Waals surface area (Å²) in [7, 11) is 0. The van der Waals surface area contributed by atoms with Gasteiger partial charge in [0.15, 0.2) is 0 Å². The number of hydrazone groups is 1. The van der Waals surface area contributed by atoms with Crippen molar-refractivity contribution in [3.05, 3.63) is 55.0 Å². The summed E-state index contributed by atoms with van der Waals surface area (Å²) in [4.78, 5) is 10.7. The molecule has 1 aliphatic rings. The molecule has 3 N–H and O–H groups in total.